The monoisotopic (exact) mass is 286 g/mol. The van der Waals surface area contributed by atoms with Crippen LogP contribution in [0.3, 0.4) is 0 Å². The third-order valence-corrected chi connectivity index (χ3v) is 4.88. The van der Waals surface area contributed by atoms with Crippen LogP contribution in [0.15, 0.2) is 24.3 Å². The number of carbonyl (C=O) groups is 1. The summed E-state index contributed by atoms with van der Waals surface area (Å²) in [6.07, 6.45) is 2.49. The number of carbonyl (C=O) groups excluding carboxylic acids is 1. The molecule has 2 saturated heterocycles. The van der Waals surface area contributed by atoms with Gasteiger partial charge in [0.1, 0.15) is 0 Å². The van der Waals surface area contributed by atoms with E-state index in [0.717, 1.165) is 25.2 Å². The molecule has 2 aliphatic heterocycles. The molecule has 0 bridgehead atoms. The number of amides is 1. The lowest BCUT2D eigenvalue weighted by molar-refractivity contribution is 0.0785. The lowest BCUT2D eigenvalue weighted by Crippen LogP contribution is -2.41. The molecule has 0 spiro atoms. The van der Waals surface area contributed by atoms with Crippen molar-refractivity contribution >= 4 is 5.91 Å². The zero-order valence-electron chi connectivity index (χ0n) is 13.4. The Bertz CT molecular complexity index is 501. The summed E-state index contributed by atoms with van der Waals surface area (Å²) in [5, 5.41) is 3.55. The molecule has 0 aliphatic carbocycles. The van der Waals surface area contributed by atoms with E-state index in [9.17, 15) is 4.79 Å². The van der Waals surface area contributed by atoms with Crippen molar-refractivity contribution in [3.05, 3.63) is 35.4 Å². The second-order valence-corrected chi connectivity index (χ2v) is 7.50. The van der Waals surface area contributed by atoms with E-state index in [1.165, 1.54) is 18.4 Å². The van der Waals surface area contributed by atoms with Gasteiger partial charge in [0.2, 0.25) is 0 Å². The molecular formula is C18H26N2O. The number of likely N-dealkylation sites (tertiary alicyclic amines) is 1. The minimum Gasteiger partial charge on any atom is -0.337 e. The van der Waals surface area contributed by atoms with Crippen LogP contribution in [0, 0.1) is 5.92 Å². The van der Waals surface area contributed by atoms with Crippen LogP contribution in [0.1, 0.15) is 49.5 Å². The Balaban J connectivity index is 1.71. The van der Waals surface area contributed by atoms with Gasteiger partial charge in [-0.25, -0.2) is 0 Å². The summed E-state index contributed by atoms with van der Waals surface area (Å²) in [5.41, 5.74) is 2.23. The molecule has 1 N–H and O–H groups in total. The van der Waals surface area contributed by atoms with E-state index in [0.29, 0.717) is 12.0 Å². The molecule has 0 saturated carbocycles. The Labute approximate surface area is 127 Å². The first-order valence-corrected chi connectivity index (χ1v) is 8.08. The van der Waals surface area contributed by atoms with Gasteiger partial charge in [0.15, 0.2) is 0 Å². The zero-order chi connectivity index (χ0) is 15.0. The molecule has 0 radical (unpaired) electrons. The highest BCUT2D eigenvalue weighted by molar-refractivity contribution is 5.94. The van der Waals surface area contributed by atoms with Crippen LogP contribution >= 0.6 is 0 Å². The Morgan fingerprint density at radius 2 is 1.90 bits per heavy atom. The predicted octanol–water partition coefficient (Wildman–Crippen LogP) is 2.81. The maximum atomic E-state index is 12.6. The Kier molecular flexibility index (Phi) is 3.78. The first-order valence-electron chi connectivity index (χ1n) is 8.08. The third kappa shape index (κ3) is 2.98. The van der Waals surface area contributed by atoms with E-state index in [1.807, 2.05) is 17.0 Å². The standard InChI is InChI=1S/C18H26N2O/c1-18(2,3)15-8-6-13(7-9-15)17(21)20-11-14-5-4-10-19-16(14)12-20/h6-9,14,16,19H,4-5,10-12H2,1-3H3. The van der Waals surface area contributed by atoms with Crippen molar-refractivity contribution in [2.24, 2.45) is 5.92 Å². The van der Waals surface area contributed by atoms with Crippen LogP contribution in [0.2, 0.25) is 0 Å². The number of nitrogens with one attached hydrogen (secondary N) is 1. The topological polar surface area (TPSA) is 32.3 Å². The van der Waals surface area contributed by atoms with Gasteiger partial charge in [-0.3, -0.25) is 4.79 Å². The van der Waals surface area contributed by atoms with Crippen LogP contribution in [-0.2, 0) is 5.41 Å². The Morgan fingerprint density at radius 3 is 2.52 bits per heavy atom. The van der Waals surface area contributed by atoms with Crippen LogP contribution in [0.5, 0.6) is 0 Å². The zero-order valence-corrected chi connectivity index (χ0v) is 13.4. The van der Waals surface area contributed by atoms with Crippen LogP contribution < -0.4 is 5.32 Å². The minimum absolute atomic E-state index is 0.133. The van der Waals surface area contributed by atoms with Gasteiger partial charge in [-0.2, -0.15) is 0 Å². The fraction of sp³-hybridized carbons (Fsp3) is 0.611. The average molecular weight is 286 g/mol. The van der Waals surface area contributed by atoms with Crippen LogP contribution in [-0.4, -0.2) is 36.5 Å². The van der Waals surface area contributed by atoms with E-state index in [1.54, 1.807) is 0 Å². The highest BCUT2D eigenvalue weighted by Crippen LogP contribution is 2.27. The number of fused-ring (bicyclic) bond motifs is 1. The lowest BCUT2D eigenvalue weighted by Gasteiger charge is -2.24. The molecule has 1 amide bonds. The van der Waals surface area contributed by atoms with Gasteiger partial charge in [-0.05, 0) is 48.4 Å². The minimum atomic E-state index is 0.133. The molecule has 2 atom stereocenters. The fourth-order valence-electron chi connectivity index (χ4n) is 3.51. The summed E-state index contributed by atoms with van der Waals surface area (Å²) in [6.45, 7) is 9.47. The van der Waals surface area contributed by atoms with Crippen LogP contribution in [0.4, 0.5) is 0 Å². The van der Waals surface area contributed by atoms with Gasteiger partial charge in [-0.1, -0.05) is 32.9 Å². The van der Waals surface area contributed by atoms with Crippen molar-refractivity contribution in [1.82, 2.24) is 10.2 Å². The van der Waals surface area contributed by atoms with E-state index in [2.05, 4.69) is 38.2 Å². The first kappa shape index (κ1) is 14.6. The van der Waals surface area contributed by atoms with E-state index in [-0.39, 0.29) is 11.3 Å². The van der Waals surface area contributed by atoms with Crippen molar-refractivity contribution in [1.29, 1.82) is 0 Å². The number of rotatable bonds is 1. The van der Waals surface area contributed by atoms with Crippen molar-refractivity contribution in [2.45, 2.75) is 45.1 Å². The van der Waals surface area contributed by atoms with Crippen molar-refractivity contribution in [3.63, 3.8) is 0 Å². The lowest BCUT2D eigenvalue weighted by atomic mass is 9.86. The second kappa shape index (κ2) is 5.45. The molecule has 1 aromatic carbocycles. The number of piperidine rings is 1. The predicted molar refractivity (Wildman–Crippen MR) is 85.6 cm³/mol. The Hall–Kier alpha value is -1.35. The van der Waals surface area contributed by atoms with Gasteiger partial charge in [0, 0.05) is 24.7 Å². The maximum absolute atomic E-state index is 12.6. The Morgan fingerprint density at radius 1 is 1.19 bits per heavy atom. The van der Waals surface area contributed by atoms with E-state index < -0.39 is 0 Å². The second-order valence-electron chi connectivity index (χ2n) is 7.50. The summed E-state index contributed by atoms with van der Waals surface area (Å²) < 4.78 is 0. The molecule has 1 aromatic rings. The van der Waals surface area contributed by atoms with E-state index >= 15 is 0 Å². The summed E-state index contributed by atoms with van der Waals surface area (Å²) >= 11 is 0. The molecular weight excluding hydrogens is 260 g/mol. The number of hydrogen-bond donors (Lipinski definition) is 1. The molecule has 114 valence electrons. The molecule has 2 heterocycles. The third-order valence-electron chi connectivity index (χ3n) is 4.88. The summed E-state index contributed by atoms with van der Waals surface area (Å²) in [4.78, 5) is 14.7. The fourth-order valence-corrected chi connectivity index (χ4v) is 3.51. The van der Waals surface area contributed by atoms with Crippen molar-refractivity contribution < 1.29 is 4.79 Å². The molecule has 2 fully saturated rings. The molecule has 2 unspecified atom stereocenters. The quantitative estimate of drug-likeness (QED) is 0.861. The van der Waals surface area contributed by atoms with Crippen molar-refractivity contribution in [3.8, 4) is 0 Å². The molecule has 3 rings (SSSR count). The number of benzene rings is 1. The van der Waals surface area contributed by atoms with Gasteiger partial charge in [-0.15, -0.1) is 0 Å². The number of hydrogen-bond acceptors (Lipinski definition) is 2. The molecule has 3 heteroatoms. The molecule has 3 nitrogen and oxygen atoms in total. The summed E-state index contributed by atoms with van der Waals surface area (Å²) in [7, 11) is 0. The smallest absolute Gasteiger partial charge is 0.253 e. The normalized spacial score (nSPS) is 25.8. The summed E-state index contributed by atoms with van der Waals surface area (Å²) in [5.74, 6) is 0.836. The van der Waals surface area contributed by atoms with Gasteiger partial charge < -0.3 is 10.2 Å². The molecule has 2 aliphatic rings. The largest absolute Gasteiger partial charge is 0.337 e. The van der Waals surface area contributed by atoms with Gasteiger partial charge >= 0.3 is 0 Å². The van der Waals surface area contributed by atoms with E-state index in [4.69, 9.17) is 0 Å². The highest BCUT2D eigenvalue weighted by Gasteiger charge is 2.36. The molecule has 21 heavy (non-hydrogen) atoms. The molecule has 0 aromatic heterocycles. The summed E-state index contributed by atoms with van der Waals surface area (Å²) in [6, 6.07) is 8.66. The SMILES string of the molecule is CC(C)(C)c1ccc(C(=O)N2CC3CCCNC3C2)cc1. The maximum Gasteiger partial charge on any atom is 0.253 e. The number of nitrogens with zero attached hydrogens (tertiary/aromatic N) is 1. The highest BCUT2D eigenvalue weighted by atomic mass is 16.2. The van der Waals surface area contributed by atoms with Crippen molar-refractivity contribution in [2.75, 3.05) is 19.6 Å². The van der Waals surface area contributed by atoms with Gasteiger partial charge in [0.05, 0.1) is 0 Å². The van der Waals surface area contributed by atoms with Crippen LogP contribution in [0.25, 0.3) is 0 Å². The first-order chi connectivity index (χ1) is 9.95. The van der Waals surface area contributed by atoms with Gasteiger partial charge in [0.25, 0.3) is 5.91 Å². The average Bonchev–Trinajstić information content (AvgIpc) is 2.89.